The number of aliphatic carboxylic acids is 4. The number of carboxylic acid groups (broad SMARTS) is 4. The Labute approximate surface area is 149 Å². The molecule has 13 heteroatoms. The third-order valence-electron chi connectivity index (χ3n) is 0.333. The maximum Gasteiger partial charge on any atom is 1.00 e. The van der Waals surface area contributed by atoms with E-state index in [4.69, 9.17) is 39.6 Å². The minimum atomic E-state index is -2.19. The van der Waals surface area contributed by atoms with Gasteiger partial charge in [0.05, 0.1) is 23.9 Å². The Morgan fingerprint density at radius 1 is 0.471 bits per heavy atom. The quantitative estimate of drug-likeness (QED) is 0.295. The van der Waals surface area contributed by atoms with Crippen LogP contribution in [0.4, 0.5) is 0 Å². The smallest absolute Gasteiger partial charge is 0.543 e. The average Bonchev–Trinajstić information content (AvgIpc) is 1.88. The van der Waals surface area contributed by atoms with Crippen LogP contribution in [0, 0.1) is 0 Å². The van der Waals surface area contributed by atoms with Crippen LogP contribution in [-0.4, -0.2) is 34.8 Å². The zero-order valence-electron chi connectivity index (χ0n) is 9.27. The molecule has 0 spiro atoms. The first kappa shape index (κ1) is 43.2. The van der Waals surface area contributed by atoms with E-state index >= 15 is 0 Å². The zero-order chi connectivity index (χ0) is 10.3. The second kappa shape index (κ2) is 25.4. The molecule has 0 aromatic carbocycles. The molecule has 76 valence electrons. The van der Waals surface area contributed by atoms with Gasteiger partial charge < -0.3 is 39.6 Å². The Morgan fingerprint density at radius 3 is 0.529 bits per heavy atom. The molecule has 0 saturated heterocycles. The average molecular weight is 236 g/mol. The molecule has 0 aromatic heterocycles. The summed E-state index contributed by atoms with van der Waals surface area (Å²) < 4.78 is 0. The molecule has 0 radical (unpaired) electrons. The number of hydrogen-bond donors (Lipinski definition) is 0. The summed E-state index contributed by atoms with van der Waals surface area (Å²) in [5, 5.41) is 35.7. The predicted molar refractivity (Wildman–Crippen MR) is 31.4 cm³/mol. The fraction of sp³-hybridized carbons (Fsp3) is 0. The first-order valence-corrected chi connectivity index (χ1v) is 2.13. The summed E-state index contributed by atoms with van der Waals surface area (Å²) in [5.41, 5.74) is 0. The van der Waals surface area contributed by atoms with E-state index in [0.29, 0.717) is 0 Å². The molecule has 0 unspecified atom stereocenters. The van der Waals surface area contributed by atoms with Gasteiger partial charge in [-0.2, -0.15) is 0 Å². The van der Waals surface area contributed by atoms with Gasteiger partial charge in [0.1, 0.15) is 0 Å². The Kier molecular flexibility index (Phi) is 64.5. The number of hydrogen-bond acceptors (Lipinski definition) is 8. The van der Waals surface area contributed by atoms with Gasteiger partial charge in [0, 0.05) is 0 Å². The van der Waals surface area contributed by atoms with Crippen molar-refractivity contribution in [2.75, 3.05) is 0 Å². The van der Waals surface area contributed by atoms with Gasteiger partial charge in [0.2, 0.25) is 0 Å². The van der Waals surface area contributed by atoms with Gasteiger partial charge in [-0.3, -0.25) is 0 Å². The van der Waals surface area contributed by atoms with E-state index in [-0.39, 0.29) is 86.4 Å². The minimum absolute atomic E-state index is 0. The number of rotatable bonds is 0. The Bertz CT molecular complexity index is 186. The molecule has 0 fully saturated rings. The summed E-state index contributed by atoms with van der Waals surface area (Å²) in [7, 11) is 0. The van der Waals surface area contributed by atoms with Crippen molar-refractivity contribution in [3.05, 3.63) is 0 Å². The monoisotopic (exact) mass is 236 g/mol. The second-order valence-electron chi connectivity index (χ2n) is 1.15. The molecule has 0 aliphatic heterocycles. The molecule has 0 N–H and O–H groups in total. The topological polar surface area (TPSA) is 161 Å². The second-order valence-corrected chi connectivity index (χ2v) is 1.15. The van der Waals surface area contributed by atoms with Gasteiger partial charge in [-0.05, 0) is 11.0 Å². The largest absolute Gasteiger partial charge is 1.00 e. The standard InChI is InChI=1S/2C2H2O4.4Li.H4Si/c2*3-1(4)2(5)6;;;;;/h2*(H,3,4)(H,5,6);;;;;1H4/q;;4*+1;/p-4. The van der Waals surface area contributed by atoms with E-state index in [0.717, 1.165) is 0 Å². The van der Waals surface area contributed by atoms with Crippen molar-refractivity contribution < 1.29 is 115 Å². The van der Waals surface area contributed by atoms with Crippen LogP contribution in [0.15, 0.2) is 0 Å². The van der Waals surface area contributed by atoms with Gasteiger partial charge >= 0.3 is 75.4 Å². The molecule has 0 aliphatic carbocycles. The van der Waals surface area contributed by atoms with Crippen LogP contribution >= 0.6 is 0 Å². The van der Waals surface area contributed by atoms with Crippen molar-refractivity contribution in [2.45, 2.75) is 0 Å². The molecular weight excluding hydrogens is 232 g/mol. The van der Waals surface area contributed by atoms with E-state index in [1.807, 2.05) is 0 Å². The predicted octanol–water partition coefficient (Wildman–Crippen LogP) is -20.5. The molecule has 0 bridgehead atoms. The molecule has 0 heterocycles. The van der Waals surface area contributed by atoms with Crippen molar-refractivity contribution in [2.24, 2.45) is 0 Å². The van der Waals surface area contributed by atoms with Gasteiger partial charge in [-0.25, -0.2) is 0 Å². The summed E-state index contributed by atoms with van der Waals surface area (Å²) in [5.74, 6) is -8.74. The first-order valence-electron chi connectivity index (χ1n) is 2.13. The van der Waals surface area contributed by atoms with Crippen LogP contribution in [0.2, 0.25) is 0 Å². The van der Waals surface area contributed by atoms with Gasteiger partial charge in [-0.1, -0.05) is 0 Å². The normalized spacial score (nSPS) is 5.18. The van der Waals surface area contributed by atoms with E-state index < -0.39 is 23.9 Å². The fourth-order valence-corrected chi connectivity index (χ4v) is 0. The fourth-order valence-electron chi connectivity index (χ4n) is 0. The van der Waals surface area contributed by atoms with Crippen molar-refractivity contribution in [1.82, 2.24) is 0 Å². The summed E-state index contributed by atoms with van der Waals surface area (Å²) in [6.45, 7) is 0. The zero-order valence-corrected chi connectivity index (χ0v) is 9.27. The van der Waals surface area contributed by atoms with Crippen molar-refractivity contribution >= 4 is 34.8 Å². The molecular formula is C4H4Li4O8Si. The van der Waals surface area contributed by atoms with Gasteiger partial charge in [-0.15, -0.1) is 0 Å². The Balaban J connectivity index is -0.0000000182. The first-order chi connectivity index (χ1) is 5.29. The molecule has 8 nitrogen and oxygen atoms in total. The SMILES string of the molecule is O=C([O-])C(=O)[O-].O=C([O-])C(=O)[O-].[Li+].[Li+].[Li+].[Li+].[SiH4]. The van der Waals surface area contributed by atoms with Crippen LogP contribution in [0.1, 0.15) is 0 Å². The van der Waals surface area contributed by atoms with Gasteiger partial charge in [0.25, 0.3) is 0 Å². The molecule has 0 aliphatic rings. The molecule has 0 saturated carbocycles. The van der Waals surface area contributed by atoms with Crippen molar-refractivity contribution in [3.63, 3.8) is 0 Å². The van der Waals surface area contributed by atoms with Crippen LogP contribution in [0.3, 0.4) is 0 Å². The summed E-state index contributed by atoms with van der Waals surface area (Å²) in [4.78, 5) is 35.7. The summed E-state index contributed by atoms with van der Waals surface area (Å²) in [6.07, 6.45) is 0. The molecule has 0 atom stereocenters. The number of carboxylic acids is 4. The van der Waals surface area contributed by atoms with Crippen LogP contribution in [0.5, 0.6) is 0 Å². The Morgan fingerprint density at radius 2 is 0.529 bits per heavy atom. The molecule has 0 aromatic rings. The summed E-state index contributed by atoms with van der Waals surface area (Å²) >= 11 is 0. The third kappa shape index (κ3) is 48.0. The summed E-state index contributed by atoms with van der Waals surface area (Å²) in [6, 6.07) is 0. The van der Waals surface area contributed by atoms with Crippen LogP contribution in [-0.2, 0) is 19.2 Å². The number of carbonyl (C=O) groups is 4. The van der Waals surface area contributed by atoms with Crippen molar-refractivity contribution in [1.29, 1.82) is 0 Å². The van der Waals surface area contributed by atoms with E-state index in [1.165, 1.54) is 0 Å². The minimum Gasteiger partial charge on any atom is -0.543 e. The molecule has 0 rings (SSSR count). The van der Waals surface area contributed by atoms with Gasteiger partial charge in [0.15, 0.2) is 0 Å². The van der Waals surface area contributed by atoms with E-state index in [2.05, 4.69) is 0 Å². The third-order valence-corrected chi connectivity index (χ3v) is 0.333. The van der Waals surface area contributed by atoms with E-state index in [9.17, 15) is 0 Å². The van der Waals surface area contributed by atoms with Crippen molar-refractivity contribution in [3.8, 4) is 0 Å². The Hall–Kier alpha value is 0.486. The van der Waals surface area contributed by atoms with Crippen LogP contribution in [0.25, 0.3) is 0 Å². The molecule has 17 heavy (non-hydrogen) atoms. The van der Waals surface area contributed by atoms with Crippen LogP contribution < -0.4 is 95.9 Å². The maximum atomic E-state index is 8.93. The maximum absolute atomic E-state index is 8.93. The van der Waals surface area contributed by atoms with E-state index in [1.54, 1.807) is 0 Å². The molecule has 0 amide bonds. The number of carbonyl (C=O) groups excluding carboxylic acids is 4.